The van der Waals surface area contributed by atoms with Gasteiger partial charge in [-0.1, -0.05) is 0 Å². The predicted molar refractivity (Wildman–Crippen MR) is 71.2 cm³/mol. The molecule has 1 aromatic carbocycles. The molecule has 1 aromatic heterocycles. The van der Waals surface area contributed by atoms with E-state index in [1.807, 2.05) is 0 Å². The van der Waals surface area contributed by atoms with Gasteiger partial charge in [0.05, 0.1) is 6.20 Å². The van der Waals surface area contributed by atoms with Crippen LogP contribution in [-0.2, 0) is 4.79 Å². The van der Waals surface area contributed by atoms with E-state index >= 15 is 0 Å². The fraction of sp³-hybridized carbons (Fsp3) is 0.143. The normalized spacial score (nSPS) is 12.1. The number of nitrogens with zero attached hydrogens (tertiary/aromatic N) is 1. The number of rotatable bonds is 3. The van der Waals surface area contributed by atoms with Crippen molar-refractivity contribution in [3.63, 3.8) is 0 Å². The molecule has 0 saturated heterocycles. The summed E-state index contributed by atoms with van der Waals surface area (Å²) in [5.41, 5.74) is 0.512. The summed E-state index contributed by atoms with van der Waals surface area (Å²) in [7, 11) is 0. The summed E-state index contributed by atoms with van der Waals surface area (Å²) in [6.45, 7) is 1.64. The zero-order valence-corrected chi connectivity index (χ0v) is 10.8. The van der Waals surface area contributed by atoms with Gasteiger partial charge in [0.1, 0.15) is 11.4 Å². The number of carbonyl (C=O) groups excluding carboxylic acids is 1. The van der Waals surface area contributed by atoms with Crippen molar-refractivity contribution in [2.24, 2.45) is 0 Å². The Morgan fingerprint density at radius 2 is 2.15 bits per heavy atom. The Hall–Kier alpha value is -2.76. The number of anilines is 1. The van der Waals surface area contributed by atoms with Crippen LogP contribution in [-0.4, -0.2) is 17.7 Å². The van der Waals surface area contributed by atoms with Gasteiger partial charge in [0.25, 0.3) is 0 Å². The van der Waals surface area contributed by atoms with E-state index in [1.54, 1.807) is 30.5 Å². The quantitative estimate of drug-likeness (QED) is 0.929. The van der Waals surface area contributed by atoms with Crippen molar-refractivity contribution in [1.82, 2.24) is 4.98 Å². The van der Waals surface area contributed by atoms with Crippen LogP contribution in [0.4, 0.5) is 5.69 Å². The van der Waals surface area contributed by atoms with Gasteiger partial charge in [-0.3, -0.25) is 9.78 Å². The van der Waals surface area contributed by atoms with E-state index in [0.29, 0.717) is 28.7 Å². The highest BCUT2D eigenvalue weighted by Gasteiger charge is 2.14. The molecule has 6 heteroatoms. The van der Waals surface area contributed by atoms with E-state index in [0.717, 1.165) is 0 Å². The number of fused-ring (bicyclic) bond motifs is 1. The lowest BCUT2D eigenvalue weighted by atomic mass is 10.3. The summed E-state index contributed by atoms with van der Waals surface area (Å²) in [4.78, 5) is 15.1. The van der Waals surface area contributed by atoms with Gasteiger partial charge >= 0.3 is 0 Å². The molecule has 6 nitrogen and oxygen atoms in total. The number of aromatic nitrogens is 1. The third-order valence-electron chi connectivity index (χ3n) is 2.66. The maximum absolute atomic E-state index is 11.1. The maximum atomic E-state index is 11.1. The van der Waals surface area contributed by atoms with Crippen LogP contribution in [0.15, 0.2) is 36.7 Å². The summed E-state index contributed by atoms with van der Waals surface area (Å²) in [6.07, 6.45) is 3.12. The number of carbonyl (C=O) groups is 1. The molecular weight excluding hydrogens is 260 g/mol. The van der Waals surface area contributed by atoms with Gasteiger partial charge in [-0.15, -0.1) is 0 Å². The van der Waals surface area contributed by atoms with Crippen molar-refractivity contribution >= 4 is 11.6 Å². The molecule has 0 radical (unpaired) electrons. The molecule has 1 N–H and O–H groups in total. The lowest BCUT2D eigenvalue weighted by Crippen LogP contribution is -2.07. The molecule has 1 amide bonds. The fourth-order valence-corrected chi connectivity index (χ4v) is 1.82. The summed E-state index contributed by atoms with van der Waals surface area (Å²) >= 11 is 0. The highest BCUT2D eigenvalue weighted by molar-refractivity contribution is 5.90. The Morgan fingerprint density at radius 1 is 1.30 bits per heavy atom. The second-order valence-electron chi connectivity index (χ2n) is 4.17. The number of pyridine rings is 1. The molecule has 102 valence electrons. The van der Waals surface area contributed by atoms with Gasteiger partial charge < -0.3 is 19.5 Å². The molecule has 2 heterocycles. The third kappa shape index (κ3) is 2.49. The Labute approximate surface area is 115 Å². The van der Waals surface area contributed by atoms with Crippen LogP contribution in [0.1, 0.15) is 6.92 Å². The van der Waals surface area contributed by atoms with Gasteiger partial charge in [-0.2, -0.15) is 0 Å². The van der Waals surface area contributed by atoms with Gasteiger partial charge in [-0.25, -0.2) is 0 Å². The number of hydrogen-bond donors (Lipinski definition) is 1. The Bertz CT molecular complexity index is 657. The van der Waals surface area contributed by atoms with Crippen LogP contribution >= 0.6 is 0 Å². The van der Waals surface area contributed by atoms with Crippen molar-refractivity contribution in [2.75, 3.05) is 12.1 Å². The maximum Gasteiger partial charge on any atom is 0.231 e. The van der Waals surface area contributed by atoms with Gasteiger partial charge in [0.2, 0.25) is 12.7 Å². The first-order valence-electron chi connectivity index (χ1n) is 6.01. The fourth-order valence-electron chi connectivity index (χ4n) is 1.82. The Morgan fingerprint density at radius 3 is 3.00 bits per heavy atom. The van der Waals surface area contributed by atoms with Gasteiger partial charge in [-0.05, 0) is 12.1 Å². The van der Waals surface area contributed by atoms with Crippen LogP contribution in [0, 0.1) is 0 Å². The molecule has 0 unspecified atom stereocenters. The van der Waals surface area contributed by atoms with E-state index in [1.165, 1.54) is 13.1 Å². The van der Waals surface area contributed by atoms with Crippen molar-refractivity contribution in [3.8, 4) is 23.0 Å². The van der Waals surface area contributed by atoms with Crippen LogP contribution in [0.5, 0.6) is 23.0 Å². The number of amides is 1. The molecule has 0 bridgehead atoms. The van der Waals surface area contributed by atoms with E-state index < -0.39 is 0 Å². The van der Waals surface area contributed by atoms with Crippen LogP contribution in [0.3, 0.4) is 0 Å². The van der Waals surface area contributed by atoms with E-state index in [-0.39, 0.29) is 12.7 Å². The Kier molecular flexibility index (Phi) is 3.12. The second kappa shape index (κ2) is 5.08. The average molecular weight is 272 g/mol. The van der Waals surface area contributed by atoms with Gasteiger partial charge in [0.15, 0.2) is 17.2 Å². The molecule has 2 aromatic rings. The molecule has 3 rings (SSSR count). The zero-order valence-electron chi connectivity index (χ0n) is 10.8. The average Bonchev–Trinajstić information content (AvgIpc) is 2.88. The van der Waals surface area contributed by atoms with Crippen LogP contribution in [0.25, 0.3) is 0 Å². The molecule has 0 fully saturated rings. The first-order chi connectivity index (χ1) is 9.72. The molecule has 1 aliphatic rings. The summed E-state index contributed by atoms with van der Waals surface area (Å²) in [5, 5.41) is 2.66. The SMILES string of the molecule is CC(=O)Nc1cnccc1Oc1ccc2c(c1)OCO2. The topological polar surface area (TPSA) is 69.7 Å². The minimum absolute atomic E-state index is 0.187. The third-order valence-corrected chi connectivity index (χ3v) is 2.66. The first-order valence-corrected chi connectivity index (χ1v) is 6.01. The number of benzene rings is 1. The molecule has 0 aliphatic carbocycles. The zero-order chi connectivity index (χ0) is 13.9. The summed E-state index contributed by atoms with van der Waals surface area (Å²) in [5.74, 6) is 2.24. The smallest absolute Gasteiger partial charge is 0.231 e. The van der Waals surface area contributed by atoms with E-state index in [9.17, 15) is 4.79 Å². The van der Waals surface area contributed by atoms with Crippen molar-refractivity contribution in [3.05, 3.63) is 36.7 Å². The second-order valence-corrected chi connectivity index (χ2v) is 4.17. The molecule has 0 atom stereocenters. The van der Waals surface area contributed by atoms with E-state index in [4.69, 9.17) is 14.2 Å². The number of ether oxygens (including phenoxy) is 3. The standard InChI is InChI=1S/C14H12N2O4/c1-9(17)16-11-7-15-5-4-12(11)20-10-2-3-13-14(6-10)19-8-18-13/h2-7H,8H2,1H3,(H,16,17). The molecule has 1 aliphatic heterocycles. The summed E-state index contributed by atoms with van der Waals surface area (Å²) < 4.78 is 16.3. The van der Waals surface area contributed by atoms with Crippen molar-refractivity contribution < 1.29 is 19.0 Å². The largest absolute Gasteiger partial charge is 0.455 e. The molecule has 20 heavy (non-hydrogen) atoms. The highest BCUT2D eigenvalue weighted by atomic mass is 16.7. The van der Waals surface area contributed by atoms with Crippen molar-refractivity contribution in [2.45, 2.75) is 6.92 Å². The minimum Gasteiger partial charge on any atom is -0.455 e. The number of hydrogen-bond acceptors (Lipinski definition) is 5. The monoisotopic (exact) mass is 272 g/mol. The highest BCUT2D eigenvalue weighted by Crippen LogP contribution is 2.37. The van der Waals surface area contributed by atoms with Crippen LogP contribution in [0.2, 0.25) is 0 Å². The number of nitrogens with one attached hydrogen (secondary N) is 1. The molecular formula is C14H12N2O4. The summed E-state index contributed by atoms with van der Waals surface area (Å²) in [6, 6.07) is 6.96. The Balaban J connectivity index is 1.86. The lowest BCUT2D eigenvalue weighted by Gasteiger charge is -2.11. The first kappa shape index (κ1) is 12.3. The van der Waals surface area contributed by atoms with E-state index in [2.05, 4.69) is 10.3 Å². The van der Waals surface area contributed by atoms with Crippen LogP contribution < -0.4 is 19.5 Å². The predicted octanol–water partition coefficient (Wildman–Crippen LogP) is 2.56. The molecule has 0 saturated carbocycles. The lowest BCUT2D eigenvalue weighted by molar-refractivity contribution is -0.114. The molecule has 0 spiro atoms. The minimum atomic E-state index is -0.187. The van der Waals surface area contributed by atoms with Gasteiger partial charge in [0, 0.05) is 25.3 Å². The van der Waals surface area contributed by atoms with Crippen molar-refractivity contribution in [1.29, 1.82) is 0 Å².